The minimum Gasteiger partial charge on any atom is -0.352 e. The van der Waals surface area contributed by atoms with Gasteiger partial charge in [0, 0.05) is 26.7 Å². The topological polar surface area (TPSA) is 90.0 Å². The SMILES string of the molecule is CC[C@H](C(=O)NC1CCCC1)N(Cc1cccc(C)c1)C(=O)CN(c1ccccc1)S(=O)(=O)N(C)C. The molecule has 0 aromatic heterocycles. The Labute approximate surface area is 215 Å². The van der Waals surface area contributed by atoms with Crippen molar-refractivity contribution in [2.24, 2.45) is 0 Å². The first-order chi connectivity index (χ1) is 17.1. The summed E-state index contributed by atoms with van der Waals surface area (Å²) in [5.74, 6) is -0.619. The summed E-state index contributed by atoms with van der Waals surface area (Å²) in [4.78, 5) is 28.7. The van der Waals surface area contributed by atoms with Gasteiger partial charge in [-0.25, -0.2) is 4.31 Å². The van der Waals surface area contributed by atoms with Gasteiger partial charge in [0.15, 0.2) is 0 Å². The summed E-state index contributed by atoms with van der Waals surface area (Å²) in [6, 6.07) is 15.8. The van der Waals surface area contributed by atoms with Gasteiger partial charge >= 0.3 is 10.2 Å². The van der Waals surface area contributed by atoms with E-state index in [1.807, 2.05) is 38.1 Å². The van der Waals surface area contributed by atoms with Gasteiger partial charge in [-0.3, -0.25) is 9.59 Å². The zero-order valence-corrected chi connectivity index (χ0v) is 22.5. The second kappa shape index (κ2) is 12.4. The van der Waals surface area contributed by atoms with Crippen LogP contribution >= 0.6 is 0 Å². The lowest BCUT2D eigenvalue weighted by Crippen LogP contribution is -2.54. The van der Waals surface area contributed by atoms with E-state index in [1.54, 1.807) is 30.3 Å². The number of hydrogen-bond donors (Lipinski definition) is 1. The fraction of sp³-hybridized carbons (Fsp3) is 0.481. The molecule has 0 radical (unpaired) electrons. The fourth-order valence-corrected chi connectivity index (χ4v) is 5.66. The molecule has 1 aliphatic carbocycles. The van der Waals surface area contributed by atoms with E-state index in [4.69, 9.17) is 0 Å². The number of carbonyl (C=O) groups is 2. The van der Waals surface area contributed by atoms with Crippen LogP contribution in [0, 0.1) is 6.92 Å². The van der Waals surface area contributed by atoms with Crippen molar-refractivity contribution in [2.45, 2.75) is 64.6 Å². The Morgan fingerprint density at radius 3 is 2.28 bits per heavy atom. The molecule has 0 aliphatic heterocycles. The van der Waals surface area contributed by atoms with Gasteiger partial charge < -0.3 is 10.2 Å². The zero-order chi connectivity index (χ0) is 26.3. The Morgan fingerprint density at radius 2 is 1.69 bits per heavy atom. The van der Waals surface area contributed by atoms with Gasteiger partial charge in [-0.05, 0) is 43.9 Å². The molecule has 2 amide bonds. The lowest BCUT2D eigenvalue weighted by Gasteiger charge is -2.34. The Morgan fingerprint density at radius 1 is 1.03 bits per heavy atom. The van der Waals surface area contributed by atoms with Gasteiger partial charge in [-0.1, -0.05) is 67.8 Å². The summed E-state index contributed by atoms with van der Waals surface area (Å²) < 4.78 is 28.6. The molecule has 36 heavy (non-hydrogen) atoms. The molecule has 0 saturated heterocycles. The molecular formula is C27H38N4O4S. The quantitative estimate of drug-likeness (QED) is 0.497. The number of anilines is 1. The first-order valence-corrected chi connectivity index (χ1v) is 13.9. The predicted molar refractivity (Wildman–Crippen MR) is 143 cm³/mol. The molecule has 2 aromatic rings. The van der Waals surface area contributed by atoms with Crippen molar-refractivity contribution in [3.8, 4) is 0 Å². The number of amides is 2. The van der Waals surface area contributed by atoms with Gasteiger partial charge in [-0.2, -0.15) is 12.7 Å². The molecule has 0 unspecified atom stereocenters. The van der Waals surface area contributed by atoms with Crippen LogP contribution < -0.4 is 9.62 Å². The van der Waals surface area contributed by atoms with Crippen LogP contribution in [-0.2, 0) is 26.3 Å². The van der Waals surface area contributed by atoms with Crippen LogP contribution in [0.4, 0.5) is 5.69 Å². The highest BCUT2D eigenvalue weighted by molar-refractivity contribution is 7.90. The van der Waals surface area contributed by atoms with Crippen molar-refractivity contribution >= 4 is 27.7 Å². The predicted octanol–water partition coefficient (Wildman–Crippen LogP) is 3.47. The van der Waals surface area contributed by atoms with E-state index in [-0.39, 0.29) is 18.5 Å². The number of benzene rings is 2. The van der Waals surface area contributed by atoms with Crippen molar-refractivity contribution in [2.75, 3.05) is 24.9 Å². The summed E-state index contributed by atoms with van der Waals surface area (Å²) in [5.41, 5.74) is 2.32. The molecule has 1 atom stereocenters. The van der Waals surface area contributed by atoms with Crippen molar-refractivity contribution in [3.05, 3.63) is 65.7 Å². The molecule has 0 heterocycles. The van der Waals surface area contributed by atoms with E-state index in [9.17, 15) is 18.0 Å². The van der Waals surface area contributed by atoms with Gasteiger partial charge in [0.2, 0.25) is 11.8 Å². The fourth-order valence-electron chi connectivity index (χ4n) is 4.61. The third-order valence-corrected chi connectivity index (χ3v) is 8.41. The number of carbonyl (C=O) groups excluding carboxylic acids is 2. The zero-order valence-electron chi connectivity index (χ0n) is 21.7. The molecule has 0 bridgehead atoms. The molecule has 3 rings (SSSR count). The normalized spacial score (nSPS) is 15.0. The number of nitrogens with zero attached hydrogens (tertiary/aromatic N) is 3. The van der Waals surface area contributed by atoms with Crippen LogP contribution in [0.25, 0.3) is 0 Å². The van der Waals surface area contributed by atoms with Crippen molar-refractivity contribution in [1.82, 2.24) is 14.5 Å². The smallest absolute Gasteiger partial charge is 0.304 e. The third kappa shape index (κ3) is 6.85. The number of para-hydroxylation sites is 1. The molecule has 1 N–H and O–H groups in total. The van der Waals surface area contributed by atoms with E-state index in [0.29, 0.717) is 12.1 Å². The molecule has 1 fully saturated rings. The summed E-state index contributed by atoms with van der Waals surface area (Å²) in [6.45, 7) is 3.65. The molecular weight excluding hydrogens is 476 g/mol. The van der Waals surface area contributed by atoms with Crippen LogP contribution in [0.3, 0.4) is 0 Å². The van der Waals surface area contributed by atoms with Gasteiger partial charge in [0.25, 0.3) is 0 Å². The number of rotatable bonds is 11. The first kappa shape index (κ1) is 27.7. The minimum absolute atomic E-state index is 0.123. The molecule has 196 valence electrons. The summed E-state index contributed by atoms with van der Waals surface area (Å²) in [5, 5.41) is 3.12. The number of aryl methyl sites for hydroxylation is 1. The van der Waals surface area contributed by atoms with E-state index in [0.717, 1.165) is 45.4 Å². The minimum atomic E-state index is -3.95. The lowest BCUT2D eigenvalue weighted by molar-refractivity contribution is -0.140. The van der Waals surface area contributed by atoms with Gasteiger partial charge in [0.1, 0.15) is 12.6 Å². The average molecular weight is 515 g/mol. The highest BCUT2D eigenvalue weighted by Crippen LogP contribution is 2.22. The van der Waals surface area contributed by atoms with Crippen LogP contribution in [0.2, 0.25) is 0 Å². The third-order valence-electron chi connectivity index (χ3n) is 6.59. The first-order valence-electron chi connectivity index (χ1n) is 12.5. The summed E-state index contributed by atoms with van der Waals surface area (Å²) in [6.07, 6.45) is 4.47. The lowest BCUT2D eigenvalue weighted by atomic mass is 10.1. The molecule has 2 aromatic carbocycles. The Balaban J connectivity index is 1.94. The van der Waals surface area contributed by atoms with Gasteiger partial charge in [-0.15, -0.1) is 0 Å². The van der Waals surface area contributed by atoms with Crippen LogP contribution in [0.1, 0.15) is 50.2 Å². The maximum Gasteiger partial charge on any atom is 0.304 e. The molecule has 1 saturated carbocycles. The molecule has 0 spiro atoms. The van der Waals surface area contributed by atoms with E-state index in [2.05, 4.69) is 5.32 Å². The van der Waals surface area contributed by atoms with E-state index in [1.165, 1.54) is 19.0 Å². The van der Waals surface area contributed by atoms with Crippen molar-refractivity contribution < 1.29 is 18.0 Å². The van der Waals surface area contributed by atoms with Crippen LogP contribution in [0.5, 0.6) is 0 Å². The van der Waals surface area contributed by atoms with E-state index < -0.39 is 28.7 Å². The largest absolute Gasteiger partial charge is 0.352 e. The molecule has 1 aliphatic rings. The second-order valence-corrected chi connectivity index (χ2v) is 11.6. The number of nitrogens with one attached hydrogen (secondary N) is 1. The maximum absolute atomic E-state index is 13.8. The van der Waals surface area contributed by atoms with Crippen LogP contribution in [0.15, 0.2) is 54.6 Å². The van der Waals surface area contributed by atoms with Gasteiger partial charge in [0.05, 0.1) is 5.69 Å². The summed E-state index contributed by atoms with van der Waals surface area (Å²) in [7, 11) is -1.08. The van der Waals surface area contributed by atoms with Crippen molar-refractivity contribution in [3.63, 3.8) is 0 Å². The van der Waals surface area contributed by atoms with Crippen LogP contribution in [-0.4, -0.2) is 62.2 Å². The Bertz CT molecular complexity index is 1130. The highest BCUT2D eigenvalue weighted by Gasteiger charge is 2.34. The monoisotopic (exact) mass is 514 g/mol. The number of hydrogen-bond acceptors (Lipinski definition) is 4. The van der Waals surface area contributed by atoms with E-state index >= 15 is 0 Å². The van der Waals surface area contributed by atoms with Crippen molar-refractivity contribution in [1.29, 1.82) is 0 Å². The second-order valence-electron chi connectivity index (χ2n) is 9.56. The maximum atomic E-state index is 13.8. The summed E-state index contributed by atoms with van der Waals surface area (Å²) >= 11 is 0. The Hall–Kier alpha value is -2.91. The molecule has 9 heteroatoms. The highest BCUT2D eigenvalue weighted by atomic mass is 32.2. The molecule has 8 nitrogen and oxygen atoms in total. The Kier molecular flexibility index (Phi) is 9.50. The standard InChI is InChI=1S/C27H38N4O4S/c1-5-25(27(33)28-23-14-9-10-15-23)30(19-22-13-11-12-21(2)18-22)26(32)20-31(36(34,35)29(3)4)24-16-7-6-8-17-24/h6-8,11-13,16-18,23,25H,5,9-10,14-15,19-20H2,1-4H3,(H,28,33)/t25-/m1/s1. The average Bonchev–Trinajstić information content (AvgIpc) is 3.35.